The Hall–Kier alpha value is -3.66. The van der Waals surface area contributed by atoms with E-state index in [1.54, 1.807) is 18.2 Å². The van der Waals surface area contributed by atoms with Gasteiger partial charge in [-0.25, -0.2) is 4.68 Å². The zero-order chi connectivity index (χ0) is 34.6. The van der Waals surface area contributed by atoms with Crippen LogP contribution in [0.1, 0.15) is 46.6 Å². The number of nitrogens with zero attached hydrogens (tertiary/aromatic N) is 4. The molecule has 250 valence electrons. The lowest BCUT2D eigenvalue weighted by Gasteiger charge is -2.20. The number of Topliss-reactive ketones (excluding diaryl/α,β-unsaturated/α-hetero) is 1. The van der Waals surface area contributed by atoms with Crippen LogP contribution in [-0.2, 0) is 31.5 Å². The Labute approximate surface area is 285 Å². The van der Waals surface area contributed by atoms with Crippen LogP contribution in [0.2, 0.25) is 10.0 Å². The van der Waals surface area contributed by atoms with Crippen LogP contribution >= 0.6 is 46.7 Å². The van der Waals surface area contributed by atoms with Gasteiger partial charge in [0, 0.05) is 5.75 Å². The number of ketones is 1. The number of amides is 3. The molecule has 4 N–H and O–H groups in total. The number of thioether (sulfide) groups is 1. The highest BCUT2D eigenvalue weighted by Gasteiger charge is 2.28. The van der Waals surface area contributed by atoms with Crippen LogP contribution < -0.4 is 16.0 Å². The van der Waals surface area contributed by atoms with E-state index in [1.807, 2.05) is 58.0 Å². The molecule has 2 atom stereocenters. The summed E-state index contributed by atoms with van der Waals surface area (Å²) in [6, 6.07) is 11.6. The number of nitrogens with one attached hydrogen (secondary N) is 3. The molecule has 0 aliphatic heterocycles. The van der Waals surface area contributed by atoms with Crippen LogP contribution in [0.4, 0.5) is 4.79 Å². The first-order valence-electron chi connectivity index (χ1n) is 14.2. The molecular formula is C29H37Cl2N7O6S2. The first-order chi connectivity index (χ1) is 22.0. The zero-order valence-corrected chi connectivity index (χ0v) is 29.1. The Morgan fingerprint density at radius 3 is 2.17 bits per heavy atom. The van der Waals surface area contributed by atoms with Gasteiger partial charge in [0.15, 0.2) is 5.78 Å². The number of benzene rings is 2. The summed E-state index contributed by atoms with van der Waals surface area (Å²) >= 11 is 14.4. The molecule has 0 radical (unpaired) electrons. The average molecular weight is 715 g/mol. The van der Waals surface area contributed by atoms with E-state index in [9.17, 15) is 29.1 Å². The Kier molecular flexibility index (Phi) is 19.3. The van der Waals surface area contributed by atoms with Crippen molar-refractivity contribution < 1.29 is 29.1 Å². The molecule has 2 unspecified atom stereocenters. The molecule has 3 aromatic rings. The standard InChI is InChI=1S/C25H25Cl2N7O6S2.2C2H6/c1-14(29-20(36)11-28-25(40)41-13-15-6-3-2-4-7-15)23(39)30-18(10-21(37)38)19(35)12-34-24(31-32-33-34)42-22-16(26)8-5-9-17(22)27;2*1-2/h2-9,14,18H,10-13H2,1H3,(H,28,40)(H,29,36)(H,30,39)(H,37,38);2*1-2H3. The summed E-state index contributed by atoms with van der Waals surface area (Å²) in [7, 11) is 0. The fourth-order valence-corrected chi connectivity index (χ4v) is 5.39. The number of carboxylic acids is 1. The Bertz CT molecular complexity index is 1430. The number of halogens is 2. The molecule has 17 heteroatoms. The van der Waals surface area contributed by atoms with Crippen molar-refractivity contribution in [1.29, 1.82) is 0 Å². The molecule has 0 fully saturated rings. The van der Waals surface area contributed by atoms with Crippen molar-refractivity contribution in [3.8, 4) is 0 Å². The summed E-state index contributed by atoms with van der Waals surface area (Å²) in [6.45, 7) is 8.50. The normalized spacial score (nSPS) is 11.4. The summed E-state index contributed by atoms with van der Waals surface area (Å²) in [5.41, 5.74) is 0.943. The molecule has 0 saturated heterocycles. The number of carbonyl (C=O) groups is 5. The van der Waals surface area contributed by atoms with E-state index >= 15 is 0 Å². The monoisotopic (exact) mass is 713 g/mol. The summed E-state index contributed by atoms with van der Waals surface area (Å²) in [4.78, 5) is 61.9. The van der Waals surface area contributed by atoms with Crippen LogP contribution in [0.3, 0.4) is 0 Å². The number of hydrogen-bond acceptors (Lipinski definition) is 10. The van der Waals surface area contributed by atoms with Gasteiger partial charge < -0.3 is 21.1 Å². The van der Waals surface area contributed by atoms with Crippen LogP contribution in [0.5, 0.6) is 0 Å². The number of carbonyl (C=O) groups excluding carboxylic acids is 4. The summed E-state index contributed by atoms with van der Waals surface area (Å²) in [5.74, 6) is -3.07. The van der Waals surface area contributed by atoms with Gasteiger partial charge in [-0.2, -0.15) is 0 Å². The second-order valence-corrected chi connectivity index (χ2v) is 11.3. The minimum absolute atomic E-state index is 0.156. The molecule has 3 rings (SSSR count). The van der Waals surface area contributed by atoms with E-state index in [-0.39, 0.29) is 11.7 Å². The number of aliphatic carboxylic acids is 1. The van der Waals surface area contributed by atoms with E-state index < -0.39 is 53.9 Å². The summed E-state index contributed by atoms with van der Waals surface area (Å²) < 4.78 is 1.12. The lowest BCUT2D eigenvalue weighted by atomic mass is 10.1. The molecule has 0 bridgehead atoms. The number of hydrogen-bond donors (Lipinski definition) is 4. The maximum absolute atomic E-state index is 13.0. The maximum Gasteiger partial charge on any atom is 0.305 e. The SMILES string of the molecule is CC.CC.CC(NC(=O)CNC(=O)SCc1ccccc1)C(=O)NC(CC(=O)O)C(=O)Cn1nnnc1Sc1c(Cl)cccc1Cl. The predicted octanol–water partition coefficient (Wildman–Crippen LogP) is 4.86. The largest absolute Gasteiger partial charge is 0.481 e. The van der Waals surface area contributed by atoms with Crippen LogP contribution in [0, 0.1) is 0 Å². The van der Waals surface area contributed by atoms with E-state index in [0.717, 1.165) is 33.8 Å². The van der Waals surface area contributed by atoms with Crippen molar-refractivity contribution in [3.05, 3.63) is 64.1 Å². The fourth-order valence-electron chi connectivity index (χ4n) is 3.30. The van der Waals surface area contributed by atoms with Crippen molar-refractivity contribution in [2.75, 3.05) is 6.54 Å². The first-order valence-corrected chi connectivity index (χ1v) is 16.8. The van der Waals surface area contributed by atoms with Crippen molar-refractivity contribution >= 4 is 75.5 Å². The van der Waals surface area contributed by atoms with E-state index in [4.69, 9.17) is 23.2 Å². The van der Waals surface area contributed by atoms with Crippen LogP contribution in [0.25, 0.3) is 0 Å². The fraction of sp³-hybridized carbons (Fsp3) is 0.379. The molecule has 1 heterocycles. The van der Waals surface area contributed by atoms with Gasteiger partial charge in [0.2, 0.25) is 17.0 Å². The number of carboxylic acid groups (broad SMARTS) is 1. The number of tetrazole rings is 1. The van der Waals surface area contributed by atoms with Gasteiger partial charge in [-0.1, -0.05) is 99.1 Å². The maximum atomic E-state index is 13.0. The number of rotatable bonds is 14. The van der Waals surface area contributed by atoms with Gasteiger partial charge in [0.25, 0.3) is 5.24 Å². The van der Waals surface area contributed by atoms with Crippen LogP contribution in [-0.4, -0.2) is 72.7 Å². The topological polar surface area (TPSA) is 185 Å². The predicted molar refractivity (Wildman–Crippen MR) is 179 cm³/mol. The molecule has 0 aliphatic rings. The minimum Gasteiger partial charge on any atom is -0.481 e. The smallest absolute Gasteiger partial charge is 0.305 e. The van der Waals surface area contributed by atoms with Crippen molar-refractivity contribution in [1.82, 2.24) is 36.2 Å². The van der Waals surface area contributed by atoms with E-state index in [1.165, 1.54) is 6.92 Å². The highest BCUT2D eigenvalue weighted by atomic mass is 35.5. The molecule has 0 spiro atoms. The average Bonchev–Trinajstić information content (AvgIpc) is 3.48. The minimum atomic E-state index is -1.45. The van der Waals surface area contributed by atoms with Crippen molar-refractivity contribution in [2.45, 2.75) is 75.5 Å². The molecule has 0 saturated carbocycles. The van der Waals surface area contributed by atoms with Crippen LogP contribution in [0.15, 0.2) is 58.6 Å². The second-order valence-electron chi connectivity index (χ2n) is 8.60. The Morgan fingerprint density at radius 1 is 0.935 bits per heavy atom. The molecule has 1 aromatic heterocycles. The molecule has 0 aliphatic carbocycles. The summed E-state index contributed by atoms with van der Waals surface area (Å²) in [5, 5.41) is 28.1. The first kappa shape index (κ1) is 40.4. The van der Waals surface area contributed by atoms with Gasteiger partial charge in [0.05, 0.1) is 33.9 Å². The third kappa shape index (κ3) is 14.2. The quantitative estimate of drug-likeness (QED) is 0.179. The Balaban J connectivity index is 0.00000254. The van der Waals surface area contributed by atoms with Gasteiger partial charge in [0.1, 0.15) is 12.6 Å². The van der Waals surface area contributed by atoms with Gasteiger partial charge in [-0.15, -0.1) is 5.10 Å². The van der Waals surface area contributed by atoms with Crippen molar-refractivity contribution in [3.63, 3.8) is 0 Å². The zero-order valence-electron chi connectivity index (χ0n) is 26.0. The lowest BCUT2D eigenvalue weighted by Crippen LogP contribution is -2.52. The Morgan fingerprint density at radius 2 is 1.57 bits per heavy atom. The van der Waals surface area contributed by atoms with E-state index in [2.05, 4.69) is 31.5 Å². The highest BCUT2D eigenvalue weighted by Crippen LogP contribution is 2.37. The molecule has 13 nitrogen and oxygen atoms in total. The van der Waals surface area contributed by atoms with Gasteiger partial charge in [-0.3, -0.25) is 24.0 Å². The molecule has 46 heavy (non-hydrogen) atoms. The highest BCUT2D eigenvalue weighted by molar-refractivity contribution is 8.12. The lowest BCUT2D eigenvalue weighted by molar-refractivity contribution is -0.140. The second kappa shape index (κ2) is 22.0. The van der Waals surface area contributed by atoms with Gasteiger partial charge >= 0.3 is 5.97 Å². The third-order valence-corrected chi connectivity index (χ3v) is 8.23. The number of aromatic nitrogens is 4. The molecule has 3 amide bonds. The van der Waals surface area contributed by atoms with Crippen molar-refractivity contribution in [2.24, 2.45) is 0 Å². The summed E-state index contributed by atoms with van der Waals surface area (Å²) in [6.07, 6.45) is -0.721. The van der Waals surface area contributed by atoms with Gasteiger partial charge in [-0.05, 0) is 46.8 Å². The molecular weight excluding hydrogens is 677 g/mol. The third-order valence-electron chi connectivity index (χ3n) is 5.38. The van der Waals surface area contributed by atoms with E-state index in [0.29, 0.717) is 20.7 Å². The molecule has 2 aromatic carbocycles.